The lowest BCUT2D eigenvalue weighted by Crippen LogP contribution is -2.28. The third-order valence-electron chi connectivity index (χ3n) is 4.18. The number of H-pyrrole nitrogens is 1. The number of rotatable bonds is 7. The summed E-state index contributed by atoms with van der Waals surface area (Å²) in [6.07, 6.45) is -1.06. The van der Waals surface area contributed by atoms with Crippen LogP contribution in [0.4, 0.5) is 0 Å². The number of benzene rings is 1. The molecule has 2 rings (SSSR count). The molecule has 0 amide bonds. The minimum absolute atomic E-state index is 0.195. The number of hydrogen-bond donors (Lipinski definition) is 1. The van der Waals surface area contributed by atoms with Gasteiger partial charge in [0, 0.05) is 5.69 Å². The van der Waals surface area contributed by atoms with Crippen molar-refractivity contribution in [2.24, 2.45) is 0 Å². The molecule has 8 heteroatoms. The van der Waals surface area contributed by atoms with Gasteiger partial charge in [0.1, 0.15) is 5.75 Å². The molecule has 28 heavy (non-hydrogen) atoms. The molecule has 2 aromatic rings. The highest BCUT2D eigenvalue weighted by Gasteiger charge is 2.27. The Bertz CT molecular complexity index is 918. The first-order valence-electron chi connectivity index (χ1n) is 8.55. The van der Waals surface area contributed by atoms with Gasteiger partial charge in [-0.2, -0.15) is 0 Å². The number of hydrogen-bond acceptors (Lipinski definition) is 6. The maximum absolute atomic E-state index is 12.6. The van der Waals surface area contributed by atoms with Crippen molar-refractivity contribution < 1.29 is 28.6 Å². The Kier molecular flexibility index (Phi) is 6.85. The summed E-state index contributed by atoms with van der Waals surface area (Å²) >= 11 is 6.01. The van der Waals surface area contributed by atoms with E-state index in [4.69, 9.17) is 25.8 Å². The molecule has 1 atom stereocenters. The second kappa shape index (κ2) is 8.93. The smallest absolute Gasteiger partial charge is 0.344 e. The first kappa shape index (κ1) is 21.5. The van der Waals surface area contributed by atoms with Gasteiger partial charge in [-0.1, -0.05) is 17.7 Å². The van der Waals surface area contributed by atoms with E-state index < -0.39 is 30.4 Å². The molecule has 1 aromatic carbocycles. The number of carbonyl (C=O) groups is 3. The number of aromatic nitrogens is 1. The van der Waals surface area contributed by atoms with Gasteiger partial charge in [-0.25, -0.2) is 9.59 Å². The van der Waals surface area contributed by atoms with Gasteiger partial charge in [0.2, 0.25) is 5.78 Å². The molecule has 0 aliphatic rings. The van der Waals surface area contributed by atoms with E-state index in [1.165, 1.54) is 14.0 Å². The fourth-order valence-corrected chi connectivity index (χ4v) is 2.92. The number of methoxy groups -OCH3 is 1. The molecule has 1 heterocycles. The first-order valence-corrected chi connectivity index (χ1v) is 8.93. The van der Waals surface area contributed by atoms with Crippen molar-refractivity contribution in [1.82, 2.24) is 4.98 Å². The zero-order valence-electron chi connectivity index (χ0n) is 16.3. The largest absolute Gasteiger partial charge is 0.480 e. The predicted molar refractivity (Wildman–Crippen MR) is 103 cm³/mol. The Balaban J connectivity index is 2.03. The summed E-state index contributed by atoms with van der Waals surface area (Å²) in [7, 11) is 1.26. The number of nitrogens with one attached hydrogen (secondary N) is 1. The molecule has 1 aromatic heterocycles. The molecule has 0 unspecified atom stereocenters. The zero-order valence-corrected chi connectivity index (χ0v) is 17.1. The minimum atomic E-state index is -1.06. The lowest BCUT2D eigenvalue weighted by molar-refractivity contribution is -0.148. The molecule has 0 bridgehead atoms. The van der Waals surface area contributed by atoms with Crippen LogP contribution in [0, 0.1) is 20.8 Å². The molecular weight excluding hydrogens is 386 g/mol. The van der Waals surface area contributed by atoms with Crippen molar-refractivity contribution in [1.29, 1.82) is 0 Å². The highest BCUT2D eigenvalue weighted by molar-refractivity contribution is 6.32. The number of carbonyl (C=O) groups excluding carboxylic acids is 3. The Morgan fingerprint density at radius 2 is 1.86 bits per heavy atom. The van der Waals surface area contributed by atoms with Crippen LogP contribution in [0.3, 0.4) is 0 Å². The van der Waals surface area contributed by atoms with Crippen molar-refractivity contribution in [2.75, 3.05) is 13.7 Å². The lowest BCUT2D eigenvalue weighted by Gasteiger charge is -2.13. The summed E-state index contributed by atoms with van der Waals surface area (Å²) in [5.41, 5.74) is 2.36. The Labute approximate surface area is 167 Å². The summed E-state index contributed by atoms with van der Waals surface area (Å²) in [5, 5.41) is 0.371. The SMILES string of the molecule is COC(=O)c1c(C)[nH]c(C(=O)[C@H](C)OC(=O)COc2cc(C)ccc2Cl)c1C. The fourth-order valence-electron chi connectivity index (χ4n) is 2.75. The van der Waals surface area contributed by atoms with E-state index >= 15 is 0 Å². The van der Waals surface area contributed by atoms with Gasteiger partial charge in [0.05, 0.1) is 23.4 Å². The molecule has 0 spiro atoms. The lowest BCUT2D eigenvalue weighted by atomic mass is 10.1. The standard InChI is InChI=1S/C20H22ClNO6/c1-10-6-7-14(21)15(8-10)27-9-16(23)28-13(4)19(24)18-11(2)17(12(3)22-18)20(25)26-5/h6-8,13,22H,9H2,1-5H3/t13-/m0/s1. The van der Waals surface area contributed by atoms with Crippen LogP contribution in [0.5, 0.6) is 5.75 Å². The van der Waals surface area contributed by atoms with Crippen LogP contribution in [0.25, 0.3) is 0 Å². The summed E-state index contributed by atoms with van der Waals surface area (Å²) in [6, 6.07) is 5.18. The summed E-state index contributed by atoms with van der Waals surface area (Å²) in [6.45, 7) is 6.21. The monoisotopic (exact) mass is 407 g/mol. The molecule has 0 saturated carbocycles. The number of ketones is 1. The number of ether oxygens (including phenoxy) is 3. The van der Waals surface area contributed by atoms with Crippen molar-refractivity contribution in [3.63, 3.8) is 0 Å². The van der Waals surface area contributed by atoms with Gasteiger partial charge in [-0.05, 0) is 51.0 Å². The van der Waals surface area contributed by atoms with Gasteiger partial charge in [0.15, 0.2) is 12.7 Å². The molecule has 7 nitrogen and oxygen atoms in total. The van der Waals surface area contributed by atoms with Crippen molar-refractivity contribution in [3.05, 3.63) is 51.3 Å². The molecule has 150 valence electrons. The van der Waals surface area contributed by atoms with E-state index in [-0.39, 0.29) is 5.69 Å². The summed E-state index contributed by atoms with van der Waals surface area (Å²) < 4.78 is 15.3. The van der Waals surface area contributed by atoms with E-state index in [0.717, 1.165) is 5.56 Å². The van der Waals surface area contributed by atoms with Gasteiger partial charge >= 0.3 is 11.9 Å². The molecule has 0 saturated heterocycles. The van der Waals surface area contributed by atoms with Gasteiger partial charge in [0.25, 0.3) is 0 Å². The van der Waals surface area contributed by atoms with Crippen LogP contribution in [-0.4, -0.2) is 42.5 Å². The van der Waals surface area contributed by atoms with Gasteiger partial charge < -0.3 is 19.2 Å². The van der Waals surface area contributed by atoms with Crippen LogP contribution in [0.1, 0.15) is 44.6 Å². The van der Waals surface area contributed by atoms with E-state index in [1.807, 2.05) is 13.0 Å². The second-order valence-corrected chi connectivity index (χ2v) is 6.74. The Morgan fingerprint density at radius 1 is 1.18 bits per heavy atom. The molecule has 0 fully saturated rings. The van der Waals surface area contributed by atoms with Gasteiger partial charge in [-0.15, -0.1) is 0 Å². The highest BCUT2D eigenvalue weighted by Crippen LogP contribution is 2.25. The summed E-state index contributed by atoms with van der Waals surface area (Å²) in [5.74, 6) is -1.36. The van der Waals surface area contributed by atoms with Crippen LogP contribution < -0.4 is 4.74 Å². The van der Waals surface area contributed by atoms with E-state index in [1.54, 1.807) is 26.0 Å². The van der Waals surface area contributed by atoms with Crippen LogP contribution in [-0.2, 0) is 14.3 Å². The molecule has 0 aliphatic heterocycles. The van der Waals surface area contributed by atoms with Crippen molar-refractivity contribution in [3.8, 4) is 5.75 Å². The maximum atomic E-state index is 12.6. The van der Waals surface area contributed by atoms with Crippen molar-refractivity contribution in [2.45, 2.75) is 33.8 Å². The van der Waals surface area contributed by atoms with Gasteiger partial charge in [-0.3, -0.25) is 4.79 Å². The highest BCUT2D eigenvalue weighted by atomic mass is 35.5. The Hall–Kier alpha value is -2.80. The second-order valence-electron chi connectivity index (χ2n) is 6.34. The topological polar surface area (TPSA) is 94.7 Å². The third-order valence-corrected chi connectivity index (χ3v) is 4.50. The number of halogens is 1. The quantitative estimate of drug-likeness (QED) is 0.557. The van der Waals surface area contributed by atoms with Crippen LogP contribution in [0.2, 0.25) is 5.02 Å². The average molecular weight is 408 g/mol. The molecule has 1 N–H and O–H groups in total. The fraction of sp³-hybridized carbons (Fsp3) is 0.350. The number of esters is 2. The average Bonchev–Trinajstić information content (AvgIpc) is 2.95. The maximum Gasteiger partial charge on any atom is 0.344 e. The normalized spacial score (nSPS) is 11.6. The summed E-state index contributed by atoms with van der Waals surface area (Å²) in [4.78, 5) is 39.4. The Morgan fingerprint density at radius 3 is 2.50 bits per heavy atom. The number of aromatic amines is 1. The third kappa shape index (κ3) is 4.72. The van der Waals surface area contributed by atoms with E-state index in [2.05, 4.69) is 4.98 Å². The number of Topliss-reactive ketones (excluding diaryl/α,β-unsaturated/α-hetero) is 1. The number of aryl methyl sites for hydroxylation is 2. The van der Waals surface area contributed by atoms with Crippen molar-refractivity contribution >= 4 is 29.3 Å². The van der Waals surface area contributed by atoms with Crippen LogP contribution >= 0.6 is 11.6 Å². The molecular formula is C20H22ClNO6. The molecule has 0 aliphatic carbocycles. The molecule has 0 radical (unpaired) electrons. The van der Waals surface area contributed by atoms with E-state index in [9.17, 15) is 14.4 Å². The first-order chi connectivity index (χ1) is 13.1. The minimum Gasteiger partial charge on any atom is -0.480 e. The predicted octanol–water partition coefficient (Wildman–Crippen LogP) is 3.57. The zero-order chi connectivity index (χ0) is 21.0. The van der Waals surface area contributed by atoms with E-state index in [0.29, 0.717) is 27.6 Å². The van der Waals surface area contributed by atoms with Crippen LogP contribution in [0.15, 0.2) is 18.2 Å².